The normalized spacial score (nSPS) is 19.8. The van der Waals surface area contributed by atoms with Crippen LogP contribution in [0, 0.1) is 0 Å². The second-order valence-electron chi connectivity index (χ2n) is 19.9. The van der Waals surface area contributed by atoms with Gasteiger partial charge in [-0.2, -0.15) is 29.5 Å². The van der Waals surface area contributed by atoms with Crippen molar-refractivity contribution in [1.29, 1.82) is 0 Å². The van der Waals surface area contributed by atoms with Crippen LogP contribution in [0.2, 0.25) is 5.28 Å². The predicted molar refractivity (Wildman–Crippen MR) is 276 cm³/mol. The summed E-state index contributed by atoms with van der Waals surface area (Å²) >= 11 is 6.13. The Hall–Kier alpha value is -6.13. The molecule has 6 fully saturated rings. The van der Waals surface area contributed by atoms with Crippen molar-refractivity contribution < 1.29 is 33.6 Å². The number of hydrogen-bond donors (Lipinski definition) is 1. The van der Waals surface area contributed by atoms with E-state index >= 15 is 0 Å². The molecule has 0 aromatic carbocycles. The highest BCUT2D eigenvalue weighted by Crippen LogP contribution is 2.45. The van der Waals surface area contributed by atoms with Gasteiger partial charge in [0.05, 0.1) is 73.2 Å². The zero-order chi connectivity index (χ0) is 50.7. The van der Waals surface area contributed by atoms with Crippen LogP contribution in [0.25, 0.3) is 33.7 Å². The Kier molecular flexibility index (Phi) is 15.1. The van der Waals surface area contributed by atoms with Gasteiger partial charge in [-0.05, 0) is 88.9 Å². The van der Waals surface area contributed by atoms with Crippen molar-refractivity contribution >= 4 is 57.0 Å². The van der Waals surface area contributed by atoms with Gasteiger partial charge in [0.2, 0.25) is 5.28 Å². The first-order chi connectivity index (χ1) is 36.2. The molecule has 74 heavy (non-hydrogen) atoms. The molecule has 392 valence electrons. The summed E-state index contributed by atoms with van der Waals surface area (Å²) in [4.78, 5) is 61.3. The molecule has 2 saturated carbocycles. The first-order valence-electron chi connectivity index (χ1n) is 26.6. The molecule has 0 radical (unpaired) electrons. The van der Waals surface area contributed by atoms with Crippen LogP contribution in [0.3, 0.4) is 0 Å². The summed E-state index contributed by atoms with van der Waals surface area (Å²) in [5.74, 6) is 0.247. The number of carbonyl (C=O) groups is 2. The lowest BCUT2D eigenvalue weighted by Crippen LogP contribution is -2.49. The van der Waals surface area contributed by atoms with Gasteiger partial charge in [-0.15, -0.1) is 0 Å². The van der Waals surface area contributed by atoms with Crippen LogP contribution in [0.15, 0.2) is 36.7 Å². The van der Waals surface area contributed by atoms with Gasteiger partial charge in [-0.25, -0.2) is 29.5 Å². The lowest BCUT2D eigenvalue weighted by Gasteiger charge is -2.41. The molecule has 4 saturated heterocycles. The smallest absolute Gasteiger partial charge is 0.357 e. The van der Waals surface area contributed by atoms with Crippen LogP contribution in [-0.4, -0.2) is 180 Å². The van der Waals surface area contributed by atoms with Crippen molar-refractivity contribution in [1.82, 2.24) is 59.3 Å². The molecule has 0 atom stereocenters. The Bertz CT molecular complexity index is 2940. The van der Waals surface area contributed by atoms with E-state index in [1.165, 1.54) is 12.8 Å². The molecule has 22 heteroatoms. The highest BCUT2D eigenvalue weighted by atomic mass is 35.5. The standard InChI is InChI=1S/C26H32ClN7O3.C26H33N7O4/c1-2-37-25(35)19-16-20(33-10-7-18(8-11-33)32-12-14-36-15-13-32)22-23(17-4-3-5-17)31-34(24(22)29-19)21-6-9-28-26(27)30-21;1-2-37-26-27-9-6-21(29-26)33-24-22(23(30-33)17-4-3-5-17)20(16-19(28-24)25(34)35)32-10-7-18(8-11-32)31-12-14-36-15-13-31/h6,9,16-18H,2-5,7-8,10-15H2,1H3;6,9,16-18H,2-5,7-8,10-15H2,1H3,(H,34,35). The molecular formula is C52H65ClN14O7. The molecular weight excluding hydrogens is 968 g/mol. The molecule has 6 aromatic heterocycles. The lowest BCUT2D eigenvalue weighted by atomic mass is 9.82. The number of esters is 1. The third-order valence-corrected chi connectivity index (χ3v) is 15.8. The van der Waals surface area contributed by atoms with E-state index in [1.54, 1.807) is 46.9 Å². The minimum atomic E-state index is -1.05. The number of anilines is 2. The number of morpholine rings is 2. The third kappa shape index (κ3) is 10.3. The van der Waals surface area contributed by atoms with Gasteiger partial charge in [-0.1, -0.05) is 12.8 Å². The van der Waals surface area contributed by atoms with Gasteiger partial charge >= 0.3 is 17.9 Å². The number of aromatic carboxylic acids is 1. The van der Waals surface area contributed by atoms with Crippen LogP contribution in [0.1, 0.15) is 122 Å². The fourth-order valence-electron chi connectivity index (χ4n) is 11.3. The number of carboxylic acid groups (broad SMARTS) is 1. The van der Waals surface area contributed by atoms with E-state index in [-0.39, 0.29) is 29.3 Å². The van der Waals surface area contributed by atoms with Gasteiger partial charge in [0.25, 0.3) is 0 Å². The number of piperidine rings is 2. The number of ether oxygens (including phenoxy) is 4. The number of fused-ring (bicyclic) bond motifs is 2. The first-order valence-corrected chi connectivity index (χ1v) is 27.0. The van der Waals surface area contributed by atoms with Crippen LogP contribution in [0.5, 0.6) is 6.01 Å². The van der Waals surface area contributed by atoms with E-state index < -0.39 is 11.9 Å². The quantitative estimate of drug-likeness (QED) is 0.0966. The largest absolute Gasteiger partial charge is 0.477 e. The molecule has 4 aliphatic heterocycles. The maximum absolute atomic E-state index is 12.9. The molecule has 1 N–H and O–H groups in total. The van der Waals surface area contributed by atoms with E-state index in [0.29, 0.717) is 53.5 Å². The number of aromatic nitrogens is 10. The van der Waals surface area contributed by atoms with Gasteiger partial charge in [0.15, 0.2) is 34.3 Å². The Morgan fingerprint density at radius 3 is 1.58 bits per heavy atom. The highest BCUT2D eigenvalue weighted by Gasteiger charge is 2.35. The van der Waals surface area contributed by atoms with E-state index in [2.05, 4.69) is 44.5 Å². The molecule has 0 spiro atoms. The van der Waals surface area contributed by atoms with Gasteiger partial charge in [-0.3, -0.25) is 9.80 Å². The maximum atomic E-state index is 12.9. The number of carbonyl (C=O) groups excluding carboxylic acids is 1. The second-order valence-corrected chi connectivity index (χ2v) is 20.2. The van der Waals surface area contributed by atoms with E-state index in [1.807, 2.05) is 13.0 Å². The molecule has 10 heterocycles. The van der Waals surface area contributed by atoms with Crippen molar-refractivity contribution in [2.24, 2.45) is 0 Å². The number of halogens is 1. The Labute approximate surface area is 434 Å². The zero-order valence-corrected chi connectivity index (χ0v) is 43.0. The van der Waals surface area contributed by atoms with Gasteiger partial charge in [0.1, 0.15) is 0 Å². The third-order valence-electron chi connectivity index (χ3n) is 15.6. The van der Waals surface area contributed by atoms with Crippen LogP contribution < -0.4 is 14.5 Å². The summed E-state index contributed by atoms with van der Waals surface area (Å²) in [6.45, 7) is 15.1. The zero-order valence-electron chi connectivity index (χ0n) is 42.3. The monoisotopic (exact) mass is 1030 g/mol. The summed E-state index contributed by atoms with van der Waals surface area (Å²) in [5, 5.41) is 22.0. The Balaban J connectivity index is 0.000000159. The molecule has 6 aliphatic rings. The van der Waals surface area contributed by atoms with Crippen LogP contribution in [0.4, 0.5) is 11.4 Å². The summed E-state index contributed by atoms with van der Waals surface area (Å²) in [6, 6.07) is 8.49. The fourth-order valence-corrected chi connectivity index (χ4v) is 11.5. The molecule has 0 amide bonds. The molecule has 6 aromatic rings. The van der Waals surface area contributed by atoms with Crippen LogP contribution >= 0.6 is 11.6 Å². The first kappa shape index (κ1) is 50.0. The minimum absolute atomic E-state index is 0.0122. The summed E-state index contributed by atoms with van der Waals surface area (Å²) < 4.78 is 25.3. The van der Waals surface area contributed by atoms with Crippen molar-refractivity contribution in [3.8, 4) is 17.6 Å². The molecule has 2 aliphatic carbocycles. The van der Waals surface area contributed by atoms with E-state index in [0.717, 1.165) is 164 Å². The van der Waals surface area contributed by atoms with Crippen molar-refractivity contribution in [2.45, 2.75) is 102 Å². The van der Waals surface area contributed by atoms with E-state index in [4.69, 9.17) is 45.7 Å². The number of hydrogen-bond acceptors (Lipinski definition) is 18. The van der Waals surface area contributed by atoms with Crippen molar-refractivity contribution in [3.05, 3.63) is 64.7 Å². The molecule has 12 rings (SSSR count). The number of nitrogens with zero attached hydrogens (tertiary/aromatic N) is 14. The van der Waals surface area contributed by atoms with Gasteiger partial charge < -0.3 is 33.9 Å². The maximum Gasteiger partial charge on any atom is 0.357 e. The van der Waals surface area contributed by atoms with Crippen LogP contribution in [-0.2, 0) is 14.2 Å². The Morgan fingerprint density at radius 2 is 1.12 bits per heavy atom. The van der Waals surface area contributed by atoms with E-state index in [9.17, 15) is 14.7 Å². The topological polar surface area (TPSA) is 217 Å². The molecule has 0 unspecified atom stereocenters. The summed E-state index contributed by atoms with van der Waals surface area (Å²) in [6.07, 6.45) is 14.1. The molecule has 21 nitrogen and oxygen atoms in total. The lowest BCUT2D eigenvalue weighted by molar-refractivity contribution is 0.0115. The Morgan fingerprint density at radius 1 is 0.635 bits per heavy atom. The van der Waals surface area contributed by atoms with Gasteiger partial charge in [0, 0.05) is 101 Å². The number of carboxylic acids is 1. The number of rotatable bonds is 13. The SMILES string of the molecule is CCOC(=O)c1cc(N2CCC(N3CCOCC3)CC2)c2c(C3CCC3)nn(-c3ccnc(Cl)n3)c2n1.CCOc1nccc(-n2nc(C3CCC3)c3c(N4CCC(N5CCOCC5)CC4)cc(C(=O)O)nc32)n1. The predicted octanol–water partition coefficient (Wildman–Crippen LogP) is 6.49. The number of pyridine rings is 2. The fraction of sp³-hybridized carbons (Fsp3) is 0.577. The average molecular weight is 1030 g/mol. The minimum Gasteiger partial charge on any atom is -0.477 e. The molecule has 0 bridgehead atoms. The second kappa shape index (κ2) is 22.4. The summed E-state index contributed by atoms with van der Waals surface area (Å²) in [5.41, 5.74) is 5.33. The average Bonchev–Trinajstić information content (AvgIpc) is 3.97. The summed E-state index contributed by atoms with van der Waals surface area (Å²) in [7, 11) is 0. The highest BCUT2D eigenvalue weighted by molar-refractivity contribution is 6.28. The van der Waals surface area contributed by atoms with Crippen molar-refractivity contribution in [3.63, 3.8) is 0 Å². The van der Waals surface area contributed by atoms with Crippen molar-refractivity contribution in [2.75, 3.05) is 102 Å².